The molecule has 0 aromatic carbocycles. The van der Waals surface area contributed by atoms with Crippen molar-refractivity contribution in [2.24, 2.45) is 5.92 Å². The summed E-state index contributed by atoms with van der Waals surface area (Å²) in [5.74, 6) is 0.369. The Morgan fingerprint density at radius 2 is 1.87 bits per heavy atom. The Bertz CT molecular complexity index is 1220. The molecular weight excluding hydrogens is 492 g/mol. The number of amides is 1. The van der Waals surface area contributed by atoms with E-state index in [1.165, 1.54) is 12.7 Å². The lowest BCUT2D eigenvalue weighted by atomic mass is 9.87. The molecule has 2 N–H and O–H groups in total. The van der Waals surface area contributed by atoms with Gasteiger partial charge >= 0.3 is 11.9 Å². The van der Waals surface area contributed by atoms with Crippen molar-refractivity contribution in [2.45, 2.75) is 84.3 Å². The molecule has 1 saturated carbocycles. The Balaban J connectivity index is 1.58. The number of hydrogen-bond donors (Lipinski definition) is 2. The van der Waals surface area contributed by atoms with Crippen LogP contribution >= 0.6 is 0 Å². The van der Waals surface area contributed by atoms with Crippen LogP contribution in [0.15, 0.2) is 11.9 Å². The maximum atomic E-state index is 12.6. The van der Waals surface area contributed by atoms with Gasteiger partial charge in [0.15, 0.2) is 29.2 Å². The van der Waals surface area contributed by atoms with Crippen molar-refractivity contribution in [3.63, 3.8) is 0 Å². The first-order valence-corrected chi connectivity index (χ1v) is 13.3. The third kappa shape index (κ3) is 6.05. The van der Waals surface area contributed by atoms with Crippen LogP contribution in [0.1, 0.15) is 72.1 Å². The molecule has 2 atom stereocenters. The van der Waals surface area contributed by atoms with Gasteiger partial charge in [-0.3, -0.25) is 24.3 Å². The van der Waals surface area contributed by atoms with Gasteiger partial charge in [0, 0.05) is 31.9 Å². The van der Waals surface area contributed by atoms with Crippen LogP contribution in [0.2, 0.25) is 0 Å². The third-order valence-corrected chi connectivity index (χ3v) is 6.92. The number of carbonyl (C=O) groups excluding carboxylic acids is 3. The zero-order valence-corrected chi connectivity index (χ0v) is 22.4. The molecule has 12 heteroatoms. The van der Waals surface area contributed by atoms with Gasteiger partial charge in [0.2, 0.25) is 17.7 Å². The van der Waals surface area contributed by atoms with Crippen molar-refractivity contribution in [1.82, 2.24) is 19.5 Å². The number of fused-ring (bicyclic) bond motifs is 1. The number of carbonyl (C=O) groups is 3. The Morgan fingerprint density at radius 3 is 2.55 bits per heavy atom. The second-order valence-corrected chi connectivity index (χ2v) is 9.63. The van der Waals surface area contributed by atoms with Gasteiger partial charge in [-0.05, 0) is 25.7 Å². The molecule has 1 fully saturated rings. The highest BCUT2D eigenvalue weighted by Gasteiger charge is 2.40. The molecule has 0 bridgehead atoms. The molecule has 4 rings (SSSR count). The van der Waals surface area contributed by atoms with Gasteiger partial charge in [0.25, 0.3) is 0 Å². The molecule has 1 aliphatic heterocycles. The summed E-state index contributed by atoms with van der Waals surface area (Å²) in [5.41, 5.74) is 1.49. The predicted molar refractivity (Wildman–Crippen MR) is 140 cm³/mol. The topological polar surface area (TPSA) is 147 Å². The van der Waals surface area contributed by atoms with Crippen LogP contribution in [0.4, 0.5) is 11.8 Å². The zero-order valence-electron chi connectivity index (χ0n) is 22.4. The standard InChI is InChI=1S/C26H36N6O6/c1-5-18(33)29-26-30-23(27-4)21-24(31-26)32(14-28-21)25-15(3)22(38-19(34)6-2)17(37-25)13-36-20(35)12-16-10-8-7-9-11-16/h14,16-17,22H,5-13H2,1-4H3,(H2,27,29,30,31,33)/t17?,22-/m0/s1. The van der Waals surface area contributed by atoms with Crippen molar-refractivity contribution in [3.8, 4) is 0 Å². The summed E-state index contributed by atoms with van der Waals surface area (Å²) in [4.78, 5) is 50.0. The lowest BCUT2D eigenvalue weighted by Gasteiger charge is -2.22. The number of nitrogens with zero attached hydrogens (tertiary/aromatic N) is 4. The highest BCUT2D eigenvalue weighted by molar-refractivity contribution is 5.92. The van der Waals surface area contributed by atoms with Crippen LogP contribution in [0.25, 0.3) is 17.0 Å². The third-order valence-electron chi connectivity index (χ3n) is 6.92. The summed E-state index contributed by atoms with van der Waals surface area (Å²) in [5, 5.41) is 5.64. The summed E-state index contributed by atoms with van der Waals surface area (Å²) in [6, 6.07) is 0. The molecule has 1 unspecified atom stereocenters. The van der Waals surface area contributed by atoms with E-state index in [4.69, 9.17) is 14.2 Å². The number of imidazole rings is 1. The highest BCUT2D eigenvalue weighted by Crippen LogP contribution is 2.34. The number of esters is 2. The van der Waals surface area contributed by atoms with Gasteiger partial charge in [-0.2, -0.15) is 9.97 Å². The quantitative estimate of drug-likeness (QED) is 0.438. The van der Waals surface area contributed by atoms with Crippen molar-refractivity contribution in [1.29, 1.82) is 0 Å². The Hall–Kier alpha value is -3.70. The van der Waals surface area contributed by atoms with E-state index in [0.29, 0.717) is 40.8 Å². The monoisotopic (exact) mass is 528 g/mol. The van der Waals surface area contributed by atoms with Crippen molar-refractivity contribution >= 4 is 46.7 Å². The van der Waals surface area contributed by atoms with E-state index in [1.807, 2.05) is 0 Å². The molecule has 0 saturated heterocycles. The number of rotatable bonds is 10. The summed E-state index contributed by atoms with van der Waals surface area (Å²) in [6.07, 6.45) is 6.50. The minimum Gasteiger partial charge on any atom is -0.467 e. The second-order valence-electron chi connectivity index (χ2n) is 9.63. The van der Waals surface area contributed by atoms with Crippen LogP contribution in [0.3, 0.4) is 0 Å². The lowest BCUT2D eigenvalue weighted by Crippen LogP contribution is -2.34. The summed E-state index contributed by atoms with van der Waals surface area (Å²) in [7, 11) is 1.70. The molecule has 0 radical (unpaired) electrons. The first kappa shape index (κ1) is 27.3. The number of aromatic nitrogens is 4. The predicted octanol–water partition coefficient (Wildman–Crippen LogP) is 3.64. The van der Waals surface area contributed by atoms with Gasteiger partial charge in [0.05, 0.1) is 0 Å². The van der Waals surface area contributed by atoms with Gasteiger partial charge in [-0.25, -0.2) is 4.98 Å². The molecule has 3 heterocycles. The van der Waals surface area contributed by atoms with Gasteiger partial charge < -0.3 is 19.5 Å². The molecule has 2 aromatic rings. The number of nitrogens with one attached hydrogen (secondary N) is 2. The van der Waals surface area contributed by atoms with Gasteiger partial charge in [-0.1, -0.05) is 33.1 Å². The summed E-state index contributed by atoms with van der Waals surface area (Å²) < 4.78 is 19.1. The number of hydrogen-bond acceptors (Lipinski definition) is 10. The van der Waals surface area contributed by atoms with Crippen LogP contribution in [0.5, 0.6) is 0 Å². The fourth-order valence-electron chi connectivity index (χ4n) is 4.81. The molecule has 38 heavy (non-hydrogen) atoms. The van der Waals surface area contributed by atoms with E-state index in [9.17, 15) is 14.4 Å². The minimum atomic E-state index is -0.748. The molecule has 2 aromatic heterocycles. The van der Waals surface area contributed by atoms with E-state index < -0.39 is 18.2 Å². The van der Waals surface area contributed by atoms with Gasteiger partial charge in [-0.15, -0.1) is 0 Å². The van der Waals surface area contributed by atoms with Crippen molar-refractivity contribution in [3.05, 3.63) is 11.9 Å². The molecule has 2 aliphatic rings. The zero-order chi connectivity index (χ0) is 27.2. The fraction of sp³-hybridized carbons (Fsp3) is 0.615. The van der Waals surface area contributed by atoms with Crippen LogP contribution in [-0.2, 0) is 28.6 Å². The number of ether oxygens (including phenoxy) is 3. The minimum absolute atomic E-state index is 0.0603. The highest BCUT2D eigenvalue weighted by atomic mass is 16.6. The molecule has 206 valence electrons. The first-order chi connectivity index (χ1) is 18.3. The van der Waals surface area contributed by atoms with Gasteiger partial charge in [0.1, 0.15) is 12.9 Å². The molecule has 0 spiro atoms. The normalized spacial score (nSPS) is 19.8. The molecular formula is C26H36N6O6. The lowest BCUT2D eigenvalue weighted by molar-refractivity contribution is -0.156. The van der Waals surface area contributed by atoms with Crippen molar-refractivity contribution in [2.75, 3.05) is 24.3 Å². The smallest absolute Gasteiger partial charge is 0.306 e. The van der Waals surface area contributed by atoms with Crippen LogP contribution in [0, 0.1) is 5.92 Å². The molecule has 1 amide bonds. The average molecular weight is 529 g/mol. The summed E-state index contributed by atoms with van der Waals surface area (Å²) >= 11 is 0. The second kappa shape index (κ2) is 12.2. The summed E-state index contributed by atoms with van der Waals surface area (Å²) in [6.45, 7) is 5.17. The Kier molecular flexibility index (Phi) is 8.80. The van der Waals surface area contributed by atoms with E-state index in [2.05, 4.69) is 25.6 Å². The van der Waals surface area contributed by atoms with Crippen molar-refractivity contribution < 1.29 is 28.6 Å². The largest absolute Gasteiger partial charge is 0.467 e. The molecule has 1 aliphatic carbocycles. The number of anilines is 2. The average Bonchev–Trinajstić information content (AvgIpc) is 3.48. The maximum Gasteiger partial charge on any atom is 0.306 e. The molecule has 12 nitrogen and oxygen atoms in total. The fourth-order valence-corrected chi connectivity index (χ4v) is 4.81. The van der Waals surface area contributed by atoms with Crippen LogP contribution in [-0.4, -0.2) is 63.2 Å². The maximum absolute atomic E-state index is 12.6. The first-order valence-electron chi connectivity index (χ1n) is 13.3. The van der Waals surface area contributed by atoms with E-state index >= 15 is 0 Å². The van der Waals surface area contributed by atoms with E-state index in [-0.39, 0.29) is 37.3 Å². The van der Waals surface area contributed by atoms with Crippen LogP contribution < -0.4 is 10.6 Å². The Morgan fingerprint density at radius 1 is 1.11 bits per heavy atom. The Labute approximate surface area is 221 Å². The van der Waals surface area contributed by atoms with E-state index in [0.717, 1.165) is 25.7 Å². The van der Waals surface area contributed by atoms with E-state index in [1.54, 1.807) is 32.4 Å². The SMILES string of the molecule is CCC(=O)Nc1nc(NC)c2ncn(C3=C(C)[C@H](OC(=O)CC)C(COC(=O)CC4CCCCC4)O3)c2n1.